The van der Waals surface area contributed by atoms with Gasteiger partial charge in [0.2, 0.25) is 0 Å². The molecule has 0 saturated heterocycles. The maximum Gasteiger partial charge on any atom is 0.416 e. The lowest BCUT2D eigenvalue weighted by molar-refractivity contribution is -0.137. The Labute approximate surface area is 119 Å². The SMILES string of the molecule is CCCCCCCNC(C)c1ccc(C(F)(F)F)cc1. The molecule has 0 radical (unpaired) electrons. The van der Waals surface area contributed by atoms with E-state index in [0.717, 1.165) is 30.7 Å². The molecular weight excluding hydrogens is 263 g/mol. The Hall–Kier alpha value is -1.03. The number of unbranched alkanes of at least 4 members (excludes halogenated alkanes) is 4. The van der Waals surface area contributed by atoms with Gasteiger partial charge < -0.3 is 5.32 Å². The molecule has 1 nitrogen and oxygen atoms in total. The van der Waals surface area contributed by atoms with Gasteiger partial charge in [-0.1, -0.05) is 44.7 Å². The van der Waals surface area contributed by atoms with E-state index in [1.807, 2.05) is 6.92 Å². The predicted octanol–water partition coefficient (Wildman–Crippen LogP) is 5.33. The van der Waals surface area contributed by atoms with Crippen LogP contribution in [-0.2, 0) is 6.18 Å². The highest BCUT2D eigenvalue weighted by Crippen LogP contribution is 2.29. The first kappa shape index (κ1) is 17.0. The summed E-state index contributed by atoms with van der Waals surface area (Å²) in [5.41, 5.74) is 0.305. The van der Waals surface area contributed by atoms with Crippen molar-refractivity contribution in [1.82, 2.24) is 5.32 Å². The first-order chi connectivity index (χ1) is 9.45. The van der Waals surface area contributed by atoms with E-state index < -0.39 is 11.7 Å². The van der Waals surface area contributed by atoms with Crippen LogP contribution in [0.1, 0.15) is 63.1 Å². The first-order valence-electron chi connectivity index (χ1n) is 7.35. The van der Waals surface area contributed by atoms with Gasteiger partial charge in [-0.15, -0.1) is 0 Å². The van der Waals surface area contributed by atoms with Crippen LogP contribution in [-0.4, -0.2) is 6.54 Å². The number of nitrogens with one attached hydrogen (secondary N) is 1. The second-order valence-electron chi connectivity index (χ2n) is 5.21. The molecule has 0 amide bonds. The summed E-state index contributed by atoms with van der Waals surface area (Å²) in [5.74, 6) is 0. The molecule has 4 heteroatoms. The zero-order valence-electron chi connectivity index (χ0n) is 12.3. The monoisotopic (exact) mass is 287 g/mol. The summed E-state index contributed by atoms with van der Waals surface area (Å²) in [6.07, 6.45) is 1.83. The average Bonchev–Trinajstić information content (AvgIpc) is 2.41. The third-order valence-electron chi connectivity index (χ3n) is 3.47. The third kappa shape index (κ3) is 5.95. The molecular formula is C16H24F3N. The number of halogens is 3. The first-order valence-corrected chi connectivity index (χ1v) is 7.35. The highest BCUT2D eigenvalue weighted by Gasteiger charge is 2.30. The van der Waals surface area contributed by atoms with Gasteiger partial charge >= 0.3 is 6.18 Å². The lowest BCUT2D eigenvalue weighted by atomic mass is 10.1. The highest BCUT2D eigenvalue weighted by atomic mass is 19.4. The van der Waals surface area contributed by atoms with Gasteiger partial charge in [0.25, 0.3) is 0 Å². The Morgan fingerprint density at radius 2 is 1.60 bits per heavy atom. The molecule has 0 heterocycles. The minimum atomic E-state index is -4.26. The van der Waals surface area contributed by atoms with Crippen molar-refractivity contribution < 1.29 is 13.2 Å². The summed E-state index contributed by atoms with van der Waals surface area (Å²) in [6, 6.07) is 5.49. The van der Waals surface area contributed by atoms with Crippen LogP contribution in [0.3, 0.4) is 0 Å². The summed E-state index contributed by atoms with van der Waals surface area (Å²) in [5, 5.41) is 3.35. The van der Waals surface area contributed by atoms with Crippen molar-refractivity contribution in [3.8, 4) is 0 Å². The average molecular weight is 287 g/mol. The number of rotatable bonds is 8. The van der Waals surface area contributed by atoms with Crippen LogP contribution < -0.4 is 5.32 Å². The van der Waals surface area contributed by atoms with E-state index in [1.54, 1.807) is 12.1 Å². The van der Waals surface area contributed by atoms with Gasteiger partial charge in [-0.05, 0) is 37.6 Å². The minimum Gasteiger partial charge on any atom is -0.310 e. The Kier molecular flexibility index (Phi) is 7.06. The maximum atomic E-state index is 12.5. The molecule has 1 aromatic carbocycles. The quantitative estimate of drug-likeness (QED) is 0.637. The van der Waals surface area contributed by atoms with Crippen LogP contribution in [0.2, 0.25) is 0 Å². The van der Waals surface area contributed by atoms with Gasteiger partial charge in [0, 0.05) is 6.04 Å². The molecule has 20 heavy (non-hydrogen) atoms. The van der Waals surface area contributed by atoms with Crippen molar-refractivity contribution in [1.29, 1.82) is 0 Å². The summed E-state index contributed by atoms with van der Waals surface area (Å²) in [6.45, 7) is 5.07. The second-order valence-corrected chi connectivity index (χ2v) is 5.21. The third-order valence-corrected chi connectivity index (χ3v) is 3.47. The summed E-state index contributed by atoms with van der Waals surface area (Å²) in [7, 11) is 0. The molecule has 1 N–H and O–H groups in total. The van der Waals surface area contributed by atoms with Crippen molar-refractivity contribution in [2.45, 2.75) is 58.2 Å². The Bertz CT molecular complexity index is 370. The van der Waals surface area contributed by atoms with Crippen LogP contribution in [0, 0.1) is 0 Å². The van der Waals surface area contributed by atoms with E-state index in [4.69, 9.17) is 0 Å². The molecule has 0 aliphatic rings. The molecule has 1 atom stereocenters. The fourth-order valence-electron chi connectivity index (χ4n) is 2.13. The van der Waals surface area contributed by atoms with E-state index >= 15 is 0 Å². The Morgan fingerprint density at radius 1 is 1.00 bits per heavy atom. The second kappa shape index (κ2) is 8.30. The van der Waals surface area contributed by atoms with Gasteiger partial charge in [0.15, 0.2) is 0 Å². The summed E-state index contributed by atoms with van der Waals surface area (Å²) >= 11 is 0. The molecule has 114 valence electrons. The van der Waals surface area contributed by atoms with E-state index in [-0.39, 0.29) is 6.04 Å². The molecule has 1 aromatic rings. The van der Waals surface area contributed by atoms with Crippen LogP contribution in [0.25, 0.3) is 0 Å². The van der Waals surface area contributed by atoms with Crippen LogP contribution in [0.15, 0.2) is 24.3 Å². The zero-order valence-corrected chi connectivity index (χ0v) is 12.3. The molecule has 0 aliphatic heterocycles. The molecule has 0 aliphatic carbocycles. The van der Waals surface area contributed by atoms with Crippen LogP contribution in [0.4, 0.5) is 13.2 Å². The summed E-state index contributed by atoms with van der Waals surface area (Å²) < 4.78 is 37.4. The van der Waals surface area contributed by atoms with E-state index in [2.05, 4.69) is 12.2 Å². The van der Waals surface area contributed by atoms with Crippen molar-refractivity contribution in [2.24, 2.45) is 0 Å². The molecule has 0 saturated carbocycles. The highest BCUT2D eigenvalue weighted by molar-refractivity contribution is 5.26. The van der Waals surface area contributed by atoms with Crippen LogP contribution in [0.5, 0.6) is 0 Å². The smallest absolute Gasteiger partial charge is 0.310 e. The molecule has 0 bridgehead atoms. The Morgan fingerprint density at radius 3 is 2.15 bits per heavy atom. The van der Waals surface area contributed by atoms with Gasteiger partial charge in [-0.3, -0.25) is 0 Å². The standard InChI is InChI=1S/C16H24F3N/c1-3-4-5-6-7-12-20-13(2)14-8-10-15(11-9-14)16(17,18)19/h8-11,13,20H,3-7,12H2,1-2H3. The molecule has 0 aromatic heterocycles. The van der Waals surface area contributed by atoms with Crippen molar-refractivity contribution in [3.63, 3.8) is 0 Å². The lowest BCUT2D eigenvalue weighted by Crippen LogP contribution is -2.20. The van der Waals surface area contributed by atoms with E-state index in [9.17, 15) is 13.2 Å². The van der Waals surface area contributed by atoms with E-state index in [1.165, 1.54) is 25.7 Å². The predicted molar refractivity (Wildman–Crippen MR) is 76.6 cm³/mol. The van der Waals surface area contributed by atoms with Gasteiger partial charge in [0.05, 0.1) is 5.56 Å². The van der Waals surface area contributed by atoms with Gasteiger partial charge in [-0.25, -0.2) is 0 Å². The Balaban J connectivity index is 2.34. The molecule has 0 fully saturated rings. The van der Waals surface area contributed by atoms with E-state index in [0.29, 0.717) is 0 Å². The normalized spacial score (nSPS) is 13.4. The number of benzene rings is 1. The van der Waals surface area contributed by atoms with Crippen molar-refractivity contribution in [2.75, 3.05) is 6.54 Å². The summed E-state index contributed by atoms with van der Waals surface area (Å²) in [4.78, 5) is 0. The molecule has 0 spiro atoms. The fourth-order valence-corrected chi connectivity index (χ4v) is 2.13. The largest absolute Gasteiger partial charge is 0.416 e. The van der Waals surface area contributed by atoms with Gasteiger partial charge in [-0.2, -0.15) is 13.2 Å². The number of hydrogen-bond donors (Lipinski definition) is 1. The maximum absolute atomic E-state index is 12.5. The molecule has 1 unspecified atom stereocenters. The van der Waals surface area contributed by atoms with Gasteiger partial charge in [0.1, 0.15) is 0 Å². The zero-order chi connectivity index (χ0) is 15.0. The topological polar surface area (TPSA) is 12.0 Å². The number of alkyl halides is 3. The van der Waals surface area contributed by atoms with Crippen molar-refractivity contribution in [3.05, 3.63) is 35.4 Å². The van der Waals surface area contributed by atoms with Crippen molar-refractivity contribution >= 4 is 0 Å². The minimum absolute atomic E-state index is 0.0865. The molecule has 1 rings (SSSR count). The number of hydrogen-bond acceptors (Lipinski definition) is 1. The lowest BCUT2D eigenvalue weighted by Gasteiger charge is -2.15. The fraction of sp³-hybridized carbons (Fsp3) is 0.625. The van der Waals surface area contributed by atoms with Crippen LogP contribution >= 0.6 is 0 Å².